The van der Waals surface area contributed by atoms with Crippen LogP contribution in [0.15, 0.2) is 29.2 Å². The fraction of sp³-hybridized carbons (Fsp3) is 0.500. The molecule has 0 radical (unpaired) electrons. The van der Waals surface area contributed by atoms with Crippen LogP contribution in [0.5, 0.6) is 0 Å². The summed E-state index contributed by atoms with van der Waals surface area (Å²) in [7, 11) is -3.57. The number of nitrogens with zero attached hydrogens (tertiary/aromatic N) is 1. The Morgan fingerprint density at radius 1 is 1.26 bits per heavy atom. The minimum atomic E-state index is -3.57. The van der Waals surface area contributed by atoms with Crippen LogP contribution in [-0.4, -0.2) is 30.6 Å². The Bertz CT molecular complexity index is 635. The number of Topliss-reactive ketones (excluding diaryl/α,β-unsaturated/α-hetero) is 1. The lowest BCUT2D eigenvalue weighted by Crippen LogP contribution is -2.61. The summed E-state index contributed by atoms with van der Waals surface area (Å²) in [6, 6.07) is 6.80. The van der Waals surface area contributed by atoms with Gasteiger partial charge in [-0.25, -0.2) is 8.42 Å². The van der Waals surface area contributed by atoms with E-state index in [1.54, 1.807) is 31.2 Å². The van der Waals surface area contributed by atoms with Crippen molar-refractivity contribution in [3.05, 3.63) is 29.8 Å². The van der Waals surface area contributed by atoms with E-state index >= 15 is 0 Å². The van der Waals surface area contributed by atoms with Crippen molar-refractivity contribution < 1.29 is 13.2 Å². The molecule has 0 N–H and O–H groups in total. The molecule has 2 fully saturated rings. The number of carbonyl (C=O) groups is 1. The van der Waals surface area contributed by atoms with Crippen LogP contribution < -0.4 is 0 Å². The fourth-order valence-electron chi connectivity index (χ4n) is 3.16. The third-order valence-electron chi connectivity index (χ3n) is 4.60. The van der Waals surface area contributed by atoms with E-state index < -0.39 is 15.6 Å². The molecule has 5 heteroatoms. The van der Waals surface area contributed by atoms with Crippen molar-refractivity contribution in [1.29, 1.82) is 0 Å². The first-order valence-electron chi connectivity index (χ1n) is 6.49. The highest BCUT2D eigenvalue weighted by molar-refractivity contribution is 7.89. The molecule has 0 spiro atoms. The van der Waals surface area contributed by atoms with Crippen molar-refractivity contribution >= 4 is 15.8 Å². The molecule has 0 amide bonds. The lowest BCUT2D eigenvalue weighted by atomic mass is 9.68. The summed E-state index contributed by atoms with van der Waals surface area (Å²) in [5.41, 5.74) is 0.216. The van der Waals surface area contributed by atoms with E-state index in [2.05, 4.69) is 0 Å². The van der Waals surface area contributed by atoms with Crippen molar-refractivity contribution in [2.75, 3.05) is 6.54 Å². The Morgan fingerprint density at radius 3 is 2.47 bits per heavy atom. The molecule has 0 bridgehead atoms. The van der Waals surface area contributed by atoms with Gasteiger partial charge in [0.1, 0.15) is 0 Å². The molecule has 19 heavy (non-hydrogen) atoms. The molecule has 1 aromatic carbocycles. The number of sulfonamides is 1. The van der Waals surface area contributed by atoms with Crippen LogP contribution in [0.3, 0.4) is 0 Å². The molecule has 1 aliphatic carbocycles. The average Bonchev–Trinajstić information content (AvgIpc) is 2.64. The number of carbonyl (C=O) groups excluding carboxylic acids is 1. The third-order valence-corrected chi connectivity index (χ3v) is 6.61. The maximum Gasteiger partial charge on any atom is 0.243 e. The SMILES string of the molecule is Cc1ccc(S(=O)(=O)N2CC[C@@H]3CC(=O)[C@@]32C)cc1. The Kier molecular flexibility index (Phi) is 2.63. The lowest BCUT2D eigenvalue weighted by molar-refractivity contribution is -0.138. The van der Waals surface area contributed by atoms with Crippen molar-refractivity contribution in [3.8, 4) is 0 Å². The zero-order valence-electron chi connectivity index (χ0n) is 11.1. The lowest BCUT2D eigenvalue weighted by Gasteiger charge is -2.44. The number of fused-ring (bicyclic) bond motifs is 1. The molecule has 1 saturated carbocycles. The van der Waals surface area contributed by atoms with E-state index in [0.717, 1.165) is 12.0 Å². The first-order chi connectivity index (χ1) is 8.86. The molecule has 1 aromatic rings. The van der Waals surface area contributed by atoms with Gasteiger partial charge >= 0.3 is 0 Å². The van der Waals surface area contributed by atoms with E-state index in [4.69, 9.17) is 0 Å². The molecular formula is C14H17NO3S. The summed E-state index contributed by atoms with van der Waals surface area (Å²) in [4.78, 5) is 12.1. The zero-order valence-corrected chi connectivity index (χ0v) is 11.9. The summed E-state index contributed by atoms with van der Waals surface area (Å²) in [5.74, 6) is 0.242. The second kappa shape index (κ2) is 3.90. The predicted octanol–water partition coefficient (Wildman–Crippen LogP) is 1.74. The zero-order chi connectivity index (χ0) is 13.8. The van der Waals surface area contributed by atoms with Crippen LogP contribution in [0.4, 0.5) is 0 Å². The van der Waals surface area contributed by atoms with Crippen LogP contribution in [0.1, 0.15) is 25.3 Å². The van der Waals surface area contributed by atoms with Gasteiger partial charge in [-0.15, -0.1) is 0 Å². The number of hydrogen-bond donors (Lipinski definition) is 0. The molecule has 0 unspecified atom stereocenters. The summed E-state index contributed by atoms with van der Waals surface area (Å²) in [6.45, 7) is 4.13. The van der Waals surface area contributed by atoms with Gasteiger partial charge in [0.2, 0.25) is 10.0 Å². The van der Waals surface area contributed by atoms with Crippen LogP contribution in [0.2, 0.25) is 0 Å². The van der Waals surface area contributed by atoms with Crippen LogP contribution in [0, 0.1) is 12.8 Å². The van der Waals surface area contributed by atoms with Gasteiger partial charge in [0, 0.05) is 13.0 Å². The molecule has 2 aliphatic rings. The van der Waals surface area contributed by atoms with Crippen molar-refractivity contribution in [2.24, 2.45) is 5.92 Å². The Hall–Kier alpha value is -1.20. The Morgan fingerprint density at radius 2 is 1.89 bits per heavy atom. The molecule has 1 heterocycles. The molecular weight excluding hydrogens is 262 g/mol. The van der Waals surface area contributed by atoms with Crippen LogP contribution in [-0.2, 0) is 14.8 Å². The van der Waals surface area contributed by atoms with Crippen molar-refractivity contribution in [3.63, 3.8) is 0 Å². The largest absolute Gasteiger partial charge is 0.298 e. The van der Waals surface area contributed by atoms with E-state index in [-0.39, 0.29) is 16.6 Å². The topological polar surface area (TPSA) is 54.5 Å². The number of rotatable bonds is 2. The maximum absolute atomic E-state index is 12.7. The molecule has 1 aliphatic heterocycles. The van der Waals surface area contributed by atoms with E-state index in [1.807, 2.05) is 6.92 Å². The highest BCUT2D eigenvalue weighted by Gasteiger charge is 2.61. The Labute approximate surface area is 113 Å². The van der Waals surface area contributed by atoms with Gasteiger partial charge in [0.05, 0.1) is 10.4 Å². The van der Waals surface area contributed by atoms with Crippen molar-refractivity contribution in [1.82, 2.24) is 4.31 Å². The van der Waals surface area contributed by atoms with Gasteiger partial charge in [0.15, 0.2) is 5.78 Å². The number of benzene rings is 1. The van der Waals surface area contributed by atoms with Gasteiger partial charge in [-0.1, -0.05) is 17.7 Å². The average molecular weight is 279 g/mol. The normalized spacial score (nSPS) is 31.1. The Balaban J connectivity index is 2.02. The summed E-state index contributed by atoms with van der Waals surface area (Å²) in [5, 5.41) is 0. The number of aryl methyl sites for hydroxylation is 1. The number of ketones is 1. The minimum Gasteiger partial charge on any atom is -0.298 e. The standard InChI is InChI=1S/C14H17NO3S/c1-10-3-5-12(6-4-10)19(17,18)15-8-7-11-9-13(16)14(11,15)2/h3-6,11H,7-9H2,1-2H3/t11-,14-/m1/s1. The quantitative estimate of drug-likeness (QED) is 0.828. The second-order valence-corrected chi connectivity index (χ2v) is 7.51. The molecule has 4 nitrogen and oxygen atoms in total. The van der Waals surface area contributed by atoms with Crippen LogP contribution >= 0.6 is 0 Å². The molecule has 102 valence electrons. The van der Waals surface area contributed by atoms with Gasteiger partial charge in [-0.05, 0) is 38.3 Å². The van der Waals surface area contributed by atoms with E-state index in [0.29, 0.717) is 13.0 Å². The smallest absolute Gasteiger partial charge is 0.243 e. The van der Waals surface area contributed by atoms with E-state index in [9.17, 15) is 13.2 Å². The first-order valence-corrected chi connectivity index (χ1v) is 7.93. The van der Waals surface area contributed by atoms with Crippen molar-refractivity contribution in [2.45, 2.75) is 37.1 Å². The molecule has 3 rings (SSSR count). The number of hydrogen-bond acceptors (Lipinski definition) is 3. The fourth-order valence-corrected chi connectivity index (χ4v) is 4.99. The third kappa shape index (κ3) is 1.61. The highest BCUT2D eigenvalue weighted by atomic mass is 32.2. The second-order valence-electron chi connectivity index (χ2n) is 5.65. The minimum absolute atomic E-state index is 0.0469. The van der Waals surface area contributed by atoms with Gasteiger partial charge in [0.25, 0.3) is 0 Å². The highest BCUT2D eigenvalue weighted by Crippen LogP contribution is 2.49. The maximum atomic E-state index is 12.7. The predicted molar refractivity (Wildman–Crippen MR) is 71.2 cm³/mol. The molecule has 0 aromatic heterocycles. The summed E-state index contributed by atoms with van der Waals surface area (Å²) in [6.07, 6.45) is 1.31. The van der Waals surface area contributed by atoms with Crippen LogP contribution in [0.25, 0.3) is 0 Å². The monoisotopic (exact) mass is 279 g/mol. The molecule has 1 saturated heterocycles. The first kappa shape index (κ1) is 12.8. The van der Waals surface area contributed by atoms with Gasteiger partial charge in [-0.2, -0.15) is 4.31 Å². The molecule has 2 atom stereocenters. The van der Waals surface area contributed by atoms with Gasteiger partial charge in [-0.3, -0.25) is 4.79 Å². The van der Waals surface area contributed by atoms with Gasteiger partial charge < -0.3 is 0 Å². The van der Waals surface area contributed by atoms with E-state index in [1.165, 1.54) is 4.31 Å². The summed E-state index contributed by atoms with van der Waals surface area (Å²) < 4.78 is 26.7. The summed E-state index contributed by atoms with van der Waals surface area (Å²) >= 11 is 0.